The van der Waals surface area contributed by atoms with Crippen LogP contribution in [-0.4, -0.2) is 36.4 Å². The Kier molecular flexibility index (Phi) is 7.67. The first-order chi connectivity index (χ1) is 25.7. The molecule has 0 saturated heterocycles. The number of nitrogens with zero attached hydrogens (tertiary/aromatic N) is 6. The van der Waals surface area contributed by atoms with Crippen molar-refractivity contribution < 1.29 is 0 Å². The second-order valence-corrected chi connectivity index (χ2v) is 14.8. The summed E-state index contributed by atoms with van der Waals surface area (Å²) in [6, 6.07) is 33.8. The predicted molar refractivity (Wildman–Crippen MR) is 220 cm³/mol. The lowest BCUT2D eigenvalue weighted by atomic mass is 9.99. The summed E-state index contributed by atoms with van der Waals surface area (Å²) >= 11 is 2.28. The van der Waals surface area contributed by atoms with E-state index in [1.165, 1.54) is 32.1 Å². The number of rotatable bonds is 10. The van der Waals surface area contributed by atoms with E-state index in [0.717, 1.165) is 112 Å². The zero-order valence-corrected chi connectivity index (χ0v) is 30.9. The minimum Gasteiger partial charge on any atom is -0.370 e. The zero-order chi connectivity index (χ0) is 34.8. The van der Waals surface area contributed by atoms with Crippen molar-refractivity contribution in [1.29, 1.82) is 0 Å². The van der Waals surface area contributed by atoms with Crippen molar-refractivity contribution in [2.75, 3.05) is 11.9 Å². The van der Waals surface area contributed by atoms with Crippen molar-refractivity contribution in [2.45, 2.75) is 45.4 Å². The van der Waals surface area contributed by atoms with Crippen LogP contribution in [0.4, 0.5) is 5.82 Å². The molecule has 252 valence electrons. The average Bonchev–Trinajstić information content (AvgIpc) is 3.66. The molecule has 10 rings (SSSR count). The van der Waals surface area contributed by atoms with E-state index in [-0.39, 0.29) is 0 Å². The molecule has 1 N–H and O–H groups in total. The van der Waals surface area contributed by atoms with Crippen molar-refractivity contribution in [1.82, 2.24) is 29.9 Å². The summed E-state index contributed by atoms with van der Waals surface area (Å²) < 4.78 is 0.887. The Morgan fingerprint density at radius 2 is 0.962 bits per heavy atom. The molecular weight excluding hydrogens is 753 g/mol. The number of nitrogens with one attached hydrogen (secondary N) is 1. The largest absolute Gasteiger partial charge is 0.370 e. The molecule has 0 amide bonds. The van der Waals surface area contributed by atoms with Crippen LogP contribution in [0.1, 0.15) is 45.4 Å². The van der Waals surface area contributed by atoms with Crippen molar-refractivity contribution in [3.05, 3.63) is 101 Å². The molecule has 0 unspecified atom stereocenters. The quantitative estimate of drug-likeness (QED) is 0.0838. The van der Waals surface area contributed by atoms with Crippen LogP contribution >= 0.6 is 22.6 Å². The molecule has 4 heterocycles. The van der Waals surface area contributed by atoms with Gasteiger partial charge in [-0.1, -0.05) is 124 Å². The van der Waals surface area contributed by atoms with Gasteiger partial charge in [0.25, 0.3) is 0 Å². The molecule has 0 spiro atoms. The fourth-order valence-electron chi connectivity index (χ4n) is 7.97. The summed E-state index contributed by atoms with van der Waals surface area (Å²) in [6.45, 7) is 3.14. The lowest BCUT2D eigenvalue weighted by Crippen LogP contribution is -2.05. The third-order valence-corrected chi connectivity index (χ3v) is 11.0. The minimum atomic E-state index is 0.651. The second-order valence-electron chi connectivity index (χ2n) is 13.7. The van der Waals surface area contributed by atoms with Gasteiger partial charge in [0.05, 0.1) is 22.8 Å². The number of benzene rings is 4. The van der Waals surface area contributed by atoms with Gasteiger partial charge in [0.15, 0.2) is 11.3 Å². The van der Waals surface area contributed by atoms with Crippen LogP contribution in [0.3, 0.4) is 0 Å². The number of pyridine rings is 2. The average molecular weight is 788 g/mol. The molecule has 0 fully saturated rings. The fourth-order valence-corrected chi connectivity index (χ4v) is 8.51. The molecular formula is C44H34IN7. The number of hydrogen-bond donors (Lipinski definition) is 1. The molecule has 4 aromatic heterocycles. The van der Waals surface area contributed by atoms with Crippen molar-refractivity contribution in [3.63, 3.8) is 0 Å². The molecule has 0 radical (unpaired) electrons. The highest BCUT2D eigenvalue weighted by molar-refractivity contribution is 14.1. The smallest absolute Gasteiger partial charge is 0.181 e. The van der Waals surface area contributed by atoms with Crippen LogP contribution in [0.2, 0.25) is 0 Å². The number of hydrogen-bond acceptors (Lipinski definition) is 7. The molecule has 2 aliphatic rings. The predicted octanol–water partition coefficient (Wildman–Crippen LogP) is 11.5. The van der Waals surface area contributed by atoms with Gasteiger partial charge in [0.2, 0.25) is 0 Å². The minimum absolute atomic E-state index is 0.651. The van der Waals surface area contributed by atoms with E-state index in [1.807, 2.05) is 12.1 Å². The lowest BCUT2D eigenvalue weighted by molar-refractivity contribution is 0.617. The first kappa shape index (κ1) is 31.4. The molecule has 8 aromatic rings. The maximum absolute atomic E-state index is 5.38. The summed E-state index contributed by atoms with van der Waals surface area (Å²) in [5, 5.41) is 5.91. The van der Waals surface area contributed by atoms with Crippen LogP contribution in [0.25, 0.3) is 100 Å². The summed E-state index contributed by atoms with van der Waals surface area (Å²) in [4.78, 5) is 31.1. The van der Waals surface area contributed by atoms with Crippen molar-refractivity contribution in [2.24, 2.45) is 0 Å². The van der Waals surface area contributed by atoms with Crippen LogP contribution in [0.5, 0.6) is 0 Å². The topological polar surface area (TPSA) is 89.4 Å². The summed E-state index contributed by atoms with van der Waals surface area (Å²) in [5.74, 6) is 0.836. The first-order valence-electron chi connectivity index (χ1n) is 18.2. The second kappa shape index (κ2) is 12.7. The van der Waals surface area contributed by atoms with Crippen molar-refractivity contribution in [3.8, 4) is 67.3 Å². The SMILES string of the molecule is CCCCCCCCNc1cc(-c2ccccc2)c2nc3c(nc2n1)-c1ccc2c4c(ccc-3c14)-c1nc3c(-c4ccccc4)cc(I)nc3nc1-2. The molecule has 0 atom stereocenters. The monoisotopic (exact) mass is 787 g/mol. The van der Waals surface area contributed by atoms with E-state index in [9.17, 15) is 0 Å². The molecule has 7 nitrogen and oxygen atoms in total. The maximum atomic E-state index is 5.38. The summed E-state index contributed by atoms with van der Waals surface area (Å²) in [5.41, 5.74) is 15.0. The summed E-state index contributed by atoms with van der Waals surface area (Å²) in [7, 11) is 0. The number of aromatic nitrogens is 6. The van der Waals surface area contributed by atoms with E-state index in [4.69, 9.17) is 29.9 Å². The Bertz CT molecular complexity index is 2710. The van der Waals surface area contributed by atoms with Gasteiger partial charge in [-0.2, -0.15) is 0 Å². The Morgan fingerprint density at radius 1 is 0.481 bits per heavy atom. The third kappa shape index (κ3) is 5.06. The maximum Gasteiger partial charge on any atom is 0.181 e. The van der Waals surface area contributed by atoms with E-state index < -0.39 is 0 Å². The van der Waals surface area contributed by atoms with Crippen molar-refractivity contribution >= 4 is 61.5 Å². The third-order valence-electron chi connectivity index (χ3n) is 10.4. The molecule has 52 heavy (non-hydrogen) atoms. The highest BCUT2D eigenvalue weighted by atomic mass is 127. The van der Waals surface area contributed by atoms with Crippen LogP contribution in [0.15, 0.2) is 97.1 Å². The van der Waals surface area contributed by atoms with E-state index in [0.29, 0.717) is 11.3 Å². The number of anilines is 1. The zero-order valence-electron chi connectivity index (χ0n) is 28.7. The van der Waals surface area contributed by atoms with E-state index >= 15 is 0 Å². The standard InChI is InChI=1S/C44H34IN7/c1-2-3-4-5-6-13-22-46-34-24-32(26-16-11-8-12-17-26)42-44(48-34)52-40-30-21-20-29-35-27(18-19-28(36(30)35)38(40)50-42)37-39(29)51-43-41(49-37)31(23-33(45)47-43)25-14-9-7-10-15-25/h7-12,14-21,23-24H,2-6,13,22H2,1H3,(H,46,48,52). The number of unbranched alkanes of at least 4 members (excludes halogenated alkanes) is 5. The van der Waals surface area contributed by atoms with Gasteiger partial charge in [-0.3, -0.25) is 0 Å². The fraction of sp³-hybridized carbons (Fsp3) is 0.182. The van der Waals surface area contributed by atoms with E-state index in [2.05, 4.69) is 120 Å². The molecule has 4 aromatic carbocycles. The number of fused-ring (bicyclic) bond motifs is 8. The van der Waals surface area contributed by atoms with Gasteiger partial charge < -0.3 is 5.32 Å². The molecule has 0 bridgehead atoms. The van der Waals surface area contributed by atoms with Gasteiger partial charge in [-0.15, -0.1) is 0 Å². The molecule has 2 aliphatic carbocycles. The Hall–Kier alpha value is -5.35. The van der Waals surface area contributed by atoms with Crippen LogP contribution < -0.4 is 5.32 Å². The number of halogens is 1. The van der Waals surface area contributed by atoms with Gasteiger partial charge in [0.1, 0.15) is 20.6 Å². The summed E-state index contributed by atoms with van der Waals surface area (Å²) in [6.07, 6.45) is 7.51. The highest BCUT2D eigenvalue weighted by Gasteiger charge is 2.33. The van der Waals surface area contributed by atoms with Gasteiger partial charge in [-0.25, -0.2) is 29.9 Å². The van der Waals surface area contributed by atoms with E-state index in [1.54, 1.807) is 0 Å². The lowest BCUT2D eigenvalue weighted by Gasteiger charge is -2.12. The van der Waals surface area contributed by atoms with Gasteiger partial charge in [-0.05, 0) is 52.3 Å². The molecule has 0 aliphatic heterocycles. The highest BCUT2D eigenvalue weighted by Crippen LogP contribution is 2.55. The van der Waals surface area contributed by atoms with Crippen LogP contribution in [0, 0.1) is 3.70 Å². The Morgan fingerprint density at radius 3 is 1.52 bits per heavy atom. The Balaban J connectivity index is 1.10. The van der Waals surface area contributed by atoms with Crippen LogP contribution in [-0.2, 0) is 0 Å². The first-order valence-corrected chi connectivity index (χ1v) is 19.3. The molecule has 8 heteroatoms. The molecule has 0 saturated carbocycles. The normalized spacial score (nSPS) is 12.2. The van der Waals surface area contributed by atoms with Gasteiger partial charge in [0, 0.05) is 50.7 Å². The Labute approximate surface area is 315 Å². The van der Waals surface area contributed by atoms with Gasteiger partial charge >= 0.3 is 0 Å².